The zero-order chi connectivity index (χ0) is 15.2. The number of anilines is 1. The standard InChI is InChI=1S/C15H15FN2O3/c1-2-17-14-7-6-11(8-15(14)18(19)20)10-21-13-5-3-4-12(16)9-13/h3-9,17H,2,10H2,1H3. The van der Waals surface area contributed by atoms with Crippen LogP contribution in [0.3, 0.4) is 0 Å². The normalized spacial score (nSPS) is 10.2. The molecule has 0 aliphatic heterocycles. The van der Waals surface area contributed by atoms with Gasteiger partial charge in [0.2, 0.25) is 0 Å². The third kappa shape index (κ3) is 3.92. The predicted molar refractivity (Wildman–Crippen MR) is 78.0 cm³/mol. The molecule has 0 fully saturated rings. The van der Waals surface area contributed by atoms with E-state index in [1.165, 1.54) is 18.2 Å². The van der Waals surface area contributed by atoms with Crippen LogP contribution in [0, 0.1) is 15.9 Å². The summed E-state index contributed by atoms with van der Waals surface area (Å²) in [6, 6.07) is 10.6. The Hall–Kier alpha value is -2.63. The molecule has 0 radical (unpaired) electrons. The Balaban J connectivity index is 2.13. The Morgan fingerprint density at radius 1 is 1.29 bits per heavy atom. The monoisotopic (exact) mass is 290 g/mol. The minimum Gasteiger partial charge on any atom is -0.489 e. The maximum Gasteiger partial charge on any atom is 0.292 e. The number of nitro groups is 1. The van der Waals surface area contributed by atoms with Crippen molar-refractivity contribution >= 4 is 11.4 Å². The van der Waals surface area contributed by atoms with Gasteiger partial charge in [0.15, 0.2) is 0 Å². The Labute approximate surface area is 121 Å². The Morgan fingerprint density at radius 2 is 2.10 bits per heavy atom. The fourth-order valence-corrected chi connectivity index (χ4v) is 1.88. The predicted octanol–water partition coefficient (Wildman–Crippen LogP) is 3.74. The lowest BCUT2D eigenvalue weighted by atomic mass is 10.2. The Kier molecular flexibility index (Phi) is 4.71. The molecule has 0 heterocycles. The van der Waals surface area contributed by atoms with Gasteiger partial charge >= 0.3 is 0 Å². The van der Waals surface area contributed by atoms with Gasteiger partial charge in [-0.3, -0.25) is 10.1 Å². The molecule has 0 unspecified atom stereocenters. The van der Waals surface area contributed by atoms with E-state index in [4.69, 9.17) is 4.74 Å². The molecule has 0 spiro atoms. The molecule has 0 aliphatic rings. The van der Waals surface area contributed by atoms with Gasteiger partial charge in [-0.2, -0.15) is 0 Å². The Morgan fingerprint density at radius 3 is 2.76 bits per heavy atom. The van der Waals surface area contributed by atoms with Crippen molar-refractivity contribution < 1.29 is 14.1 Å². The second-order valence-corrected chi connectivity index (χ2v) is 4.38. The average Bonchev–Trinajstić information content (AvgIpc) is 2.46. The van der Waals surface area contributed by atoms with Crippen LogP contribution in [0.1, 0.15) is 12.5 Å². The van der Waals surface area contributed by atoms with E-state index in [-0.39, 0.29) is 18.1 Å². The van der Waals surface area contributed by atoms with Crippen LogP contribution in [0.2, 0.25) is 0 Å². The fourth-order valence-electron chi connectivity index (χ4n) is 1.88. The second kappa shape index (κ2) is 6.69. The summed E-state index contributed by atoms with van der Waals surface area (Å²) in [5.41, 5.74) is 1.11. The van der Waals surface area contributed by atoms with Gasteiger partial charge in [0.1, 0.15) is 23.9 Å². The fraction of sp³-hybridized carbons (Fsp3) is 0.200. The lowest BCUT2D eigenvalue weighted by molar-refractivity contribution is -0.384. The zero-order valence-electron chi connectivity index (χ0n) is 11.5. The molecule has 0 aliphatic carbocycles. The van der Waals surface area contributed by atoms with Gasteiger partial charge in [-0.05, 0) is 30.7 Å². The van der Waals surface area contributed by atoms with Crippen LogP contribution in [0.4, 0.5) is 15.8 Å². The van der Waals surface area contributed by atoms with Crippen molar-refractivity contribution in [2.24, 2.45) is 0 Å². The molecule has 0 atom stereocenters. The molecule has 0 aromatic heterocycles. The summed E-state index contributed by atoms with van der Waals surface area (Å²) in [6.07, 6.45) is 0. The summed E-state index contributed by atoms with van der Waals surface area (Å²) in [5.74, 6) is -0.00520. The highest BCUT2D eigenvalue weighted by molar-refractivity contribution is 5.62. The molecule has 0 saturated carbocycles. The number of hydrogen-bond donors (Lipinski definition) is 1. The lowest BCUT2D eigenvalue weighted by Crippen LogP contribution is -2.03. The zero-order valence-corrected chi connectivity index (χ0v) is 11.5. The summed E-state index contributed by atoms with van der Waals surface area (Å²) in [7, 11) is 0. The molecule has 2 rings (SSSR count). The average molecular weight is 290 g/mol. The largest absolute Gasteiger partial charge is 0.489 e. The van der Waals surface area contributed by atoms with Crippen molar-refractivity contribution in [3.8, 4) is 5.75 Å². The maximum absolute atomic E-state index is 13.0. The molecule has 0 amide bonds. The van der Waals surface area contributed by atoms with Crippen molar-refractivity contribution in [3.63, 3.8) is 0 Å². The van der Waals surface area contributed by atoms with Gasteiger partial charge in [-0.1, -0.05) is 12.1 Å². The molecule has 5 nitrogen and oxygen atoms in total. The summed E-state index contributed by atoms with van der Waals surface area (Å²) >= 11 is 0. The number of rotatable bonds is 6. The van der Waals surface area contributed by atoms with Gasteiger partial charge in [0.05, 0.1) is 4.92 Å². The quantitative estimate of drug-likeness (QED) is 0.650. The van der Waals surface area contributed by atoms with Crippen LogP contribution in [0.25, 0.3) is 0 Å². The molecule has 21 heavy (non-hydrogen) atoms. The van der Waals surface area contributed by atoms with Gasteiger partial charge in [0.25, 0.3) is 5.69 Å². The smallest absolute Gasteiger partial charge is 0.292 e. The number of ether oxygens (including phenoxy) is 1. The summed E-state index contributed by atoms with van der Waals surface area (Å²) in [6.45, 7) is 2.60. The minimum atomic E-state index is -0.441. The van der Waals surface area contributed by atoms with Crippen molar-refractivity contribution in [3.05, 3.63) is 64.0 Å². The van der Waals surface area contributed by atoms with E-state index in [9.17, 15) is 14.5 Å². The van der Waals surface area contributed by atoms with Gasteiger partial charge in [0, 0.05) is 18.7 Å². The summed E-state index contributed by atoms with van der Waals surface area (Å²) < 4.78 is 18.4. The molecule has 2 aromatic carbocycles. The molecule has 1 N–H and O–H groups in total. The Bertz CT molecular complexity index is 647. The molecule has 6 heteroatoms. The van der Waals surface area contributed by atoms with E-state index in [1.54, 1.807) is 24.3 Å². The third-order valence-corrected chi connectivity index (χ3v) is 2.83. The van der Waals surface area contributed by atoms with Crippen molar-refractivity contribution in [1.82, 2.24) is 0 Å². The van der Waals surface area contributed by atoms with Crippen LogP contribution < -0.4 is 10.1 Å². The van der Waals surface area contributed by atoms with Crippen molar-refractivity contribution in [2.75, 3.05) is 11.9 Å². The highest BCUT2D eigenvalue weighted by Crippen LogP contribution is 2.26. The van der Waals surface area contributed by atoms with Gasteiger partial charge < -0.3 is 10.1 Å². The first-order valence-electron chi connectivity index (χ1n) is 6.49. The minimum absolute atomic E-state index is 0.00260. The molecule has 2 aromatic rings. The van der Waals surface area contributed by atoms with Gasteiger partial charge in [-0.25, -0.2) is 4.39 Å². The molecule has 0 bridgehead atoms. The molecular formula is C15H15FN2O3. The number of halogens is 1. The summed E-state index contributed by atoms with van der Waals surface area (Å²) in [4.78, 5) is 10.6. The number of nitrogens with zero attached hydrogens (tertiary/aromatic N) is 1. The number of nitrogens with one attached hydrogen (secondary N) is 1. The first kappa shape index (κ1) is 14.8. The van der Waals surface area contributed by atoms with Crippen LogP contribution in [-0.2, 0) is 6.61 Å². The van der Waals surface area contributed by atoms with E-state index in [0.29, 0.717) is 23.5 Å². The molecular weight excluding hydrogens is 275 g/mol. The van der Waals surface area contributed by atoms with Crippen molar-refractivity contribution in [1.29, 1.82) is 0 Å². The van der Waals surface area contributed by atoms with Crippen molar-refractivity contribution in [2.45, 2.75) is 13.5 Å². The number of benzene rings is 2. The van der Waals surface area contributed by atoms with E-state index >= 15 is 0 Å². The lowest BCUT2D eigenvalue weighted by Gasteiger charge is -2.09. The van der Waals surface area contributed by atoms with Crippen LogP contribution in [0.15, 0.2) is 42.5 Å². The van der Waals surface area contributed by atoms with Crippen LogP contribution in [-0.4, -0.2) is 11.5 Å². The van der Waals surface area contributed by atoms with E-state index in [2.05, 4.69) is 5.32 Å². The summed E-state index contributed by atoms with van der Waals surface area (Å²) in [5, 5.41) is 14.0. The van der Waals surface area contributed by atoms with Crippen LogP contribution in [0.5, 0.6) is 5.75 Å². The maximum atomic E-state index is 13.0. The topological polar surface area (TPSA) is 64.4 Å². The highest BCUT2D eigenvalue weighted by Gasteiger charge is 2.14. The second-order valence-electron chi connectivity index (χ2n) is 4.38. The van der Waals surface area contributed by atoms with Gasteiger partial charge in [-0.15, -0.1) is 0 Å². The molecule has 110 valence electrons. The number of nitro benzene ring substituents is 1. The third-order valence-electron chi connectivity index (χ3n) is 2.83. The highest BCUT2D eigenvalue weighted by atomic mass is 19.1. The SMILES string of the molecule is CCNc1ccc(COc2cccc(F)c2)cc1[N+](=O)[O-]. The number of hydrogen-bond acceptors (Lipinski definition) is 4. The first-order valence-corrected chi connectivity index (χ1v) is 6.49. The van der Waals surface area contributed by atoms with Crippen LogP contribution >= 0.6 is 0 Å². The van der Waals surface area contributed by atoms with E-state index in [1.807, 2.05) is 6.92 Å². The first-order chi connectivity index (χ1) is 10.1. The van der Waals surface area contributed by atoms with E-state index in [0.717, 1.165) is 0 Å². The molecule has 0 saturated heterocycles. The van der Waals surface area contributed by atoms with E-state index < -0.39 is 4.92 Å².